The molecule has 0 N–H and O–H groups in total. The van der Waals surface area contributed by atoms with Gasteiger partial charge in [-0.2, -0.15) is 5.10 Å². The van der Waals surface area contributed by atoms with Crippen molar-refractivity contribution in [1.29, 1.82) is 0 Å². The highest BCUT2D eigenvalue weighted by molar-refractivity contribution is 7.99. The van der Waals surface area contributed by atoms with Crippen molar-refractivity contribution in [3.63, 3.8) is 0 Å². The van der Waals surface area contributed by atoms with E-state index in [4.69, 9.17) is 0 Å². The minimum Gasteiger partial charge on any atom is -0.290 e. The topological polar surface area (TPSA) is 52.7 Å². The molecule has 0 aliphatic carbocycles. The van der Waals surface area contributed by atoms with Crippen molar-refractivity contribution in [1.82, 2.24) is 19.3 Å². The molecule has 5 nitrogen and oxygen atoms in total. The summed E-state index contributed by atoms with van der Waals surface area (Å²) in [4.78, 5) is 16.7. The number of fused-ring (bicyclic) bond motifs is 1. The van der Waals surface area contributed by atoms with Gasteiger partial charge in [-0.25, -0.2) is 4.98 Å². The smallest absolute Gasteiger partial charge is 0.271 e. The number of thioether (sulfide) groups is 1. The molecule has 0 aromatic carbocycles. The van der Waals surface area contributed by atoms with Crippen molar-refractivity contribution < 1.29 is 0 Å². The molecule has 3 heterocycles. The zero-order valence-electron chi connectivity index (χ0n) is 11.9. The fraction of sp³-hybridized carbons (Fsp3) is 0.357. The molecule has 3 rings (SSSR count). The molecule has 0 aliphatic rings. The number of hydrogen-bond acceptors (Lipinski definition) is 5. The van der Waals surface area contributed by atoms with Crippen LogP contribution < -0.4 is 5.56 Å². The lowest BCUT2D eigenvalue weighted by Crippen LogP contribution is -2.18. The fourth-order valence-electron chi connectivity index (χ4n) is 2.14. The monoisotopic (exact) mass is 320 g/mol. The number of thiophene rings is 1. The largest absolute Gasteiger partial charge is 0.290 e. The molecular weight excluding hydrogens is 304 g/mol. The Hall–Kier alpha value is -1.60. The predicted molar refractivity (Wildman–Crippen MR) is 87.1 cm³/mol. The minimum absolute atomic E-state index is 0.0461. The van der Waals surface area contributed by atoms with Crippen molar-refractivity contribution in [2.75, 3.05) is 5.75 Å². The van der Waals surface area contributed by atoms with Crippen LogP contribution in [0.3, 0.4) is 0 Å². The summed E-state index contributed by atoms with van der Waals surface area (Å²) in [6.45, 7) is 0. The summed E-state index contributed by atoms with van der Waals surface area (Å²) in [6.07, 6.45) is 5.97. The van der Waals surface area contributed by atoms with E-state index >= 15 is 0 Å². The second kappa shape index (κ2) is 6.03. The van der Waals surface area contributed by atoms with Crippen LogP contribution in [0.4, 0.5) is 0 Å². The van der Waals surface area contributed by atoms with Crippen LogP contribution in [0.25, 0.3) is 10.2 Å². The molecule has 0 atom stereocenters. The highest BCUT2D eigenvalue weighted by atomic mass is 32.2. The fourth-order valence-corrected chi connectivity index (χ4v) is 3.85. The van der Waals surface area contributed by atoms with E-state index in [1.54, 1.807) is 23.4 Å². The van der Waals surface area contributed by atoms with Crippen LogP contribution in [0, 0.1) is 0 Å². The number of aromatic nitrogens is 4. The highest BCUT2D eigenvalue weighted by Gasteiger charge is 2.09. The van der Waals surface area contributed by atoms with Crippen LogP contribution >= 0.6 is 23.1 Å². The molecule has 0 spiro atoms. The molecule has 0 amide bonds. The van der Waals surface area contributed by atoms with Gasteiger partial charge in [0.25, 0.3) is 5.56 Å². The standard InChI is InChI=1S/C14H16N4OS2/c1-17-9-10(8-15-17)4-3-6-21-14-16-11-5-7-20-12(11)13(19)18(14)2/h5,7-9H,3-4,6H2,1-2H3. The van der Waals surface area contributed by atoms with Crippen molar-refractivity contribution in [3.8, 4) is 0 Å². The van der Waals surface area contributed by atoms with Gasteiger partial charge in [-0.05, 0) is 29.9 Å². The van der Waals surface area contributed by atoms with Crippen molar-refractivity contribution in [2.45, 2.75) is 18.0 Å². The lowest BCUT2D eigenvalue weighted by atomic mass is 10.2. The first-order chi connectivity index (χ1) is 10.1. The summed E-state index contributed by atoms with van der Waals surface area (Å²) in [5.41, 5.74) is 2.09. The Balaban J connectivity index is 1.65. The van der Waals surface area contributed by atoms with Crippen molar-refractivity contribution in [2.24, 2.45) is 14.1 Å². The quantitative estimate of drug-likeness (QED) is 0.412. The summed E-state index contributed by atoms with van der Waals surface area (Å²) in [5.74, 6) is 0.935. The zero-order chi connectivity index (χ0) is 14.8. The van der Waals surface area contributed by atoms with E-state index in [0.717, 1.165) is 34.0 Å². The summed E-state index contributed by atoms with van der Waals surface area (Å²) in [6, 6.07) is 1.90. The van der Waals surface area contributed by atoms with E-state index < -0.39 is 0 Å². The first-order valence-corrected chi connectivity index (χ1v) is 8.56. The Kier molecular flexibility index (Phi) is 4.12. The molecule has 3 aromatic rings. The molecule has 0 radical (unpaired) electrons. The van der Waals surface area contributed by atoms with Crippen LogP contribution in [-0.2, 0) is 20.5 Å². The Morgan fingerprint density at radius 3 is 3.00 bits per heavy atom. The third-order valence-corrected chi connectivity index (χ3v) is 5.25. The van der Waals surface area contributed by atoms with Gasteiger partial charge in [0.2, 0.25) is 0 Å². The summed E-state index contributed by atoms with van der Waals surface area (Å²) < 4.78 is 4.20. The SMILES string of the molecule is Cn1cc(CCCSc2nc3ccsc3c(=O)n2C)cn1. The van der Waals surface area contributed by atoms with Gasteiger partial charge in [0.15, 0.2) is 5.16 Å². The highest BCUT2D eigenvalue weighted by Crippen LogP contribution is 2.21. The Labute approximate surface area is 130 Å². The summed E-state index contributed by atoms with van der Waals surface area (Å²) in [7, 11) is 3.71. The van der Waals surface area contributed by atoms with Gasteiger partial charge < -0.3 is 0 Å². The van der Waals surface area contributed by atoms with Crippen molar-refractivity contribution in [3.05, 3.63) is 39.8 Å². The van der Waals surface area contributed by atoms with E-state index in [1.807, 2.05) is 35.6 Å². The molecule has 7 heteroatoms. The number of rotatable bonds is 5. The molecule has 21 heavy (non-hydrogen) atoms. The maximum atomic E-state index is 12.2. The molecule has 0 unspecified atom stereocenters. The lowest BCUT2D eigenvalue weighted by Gasteiger charge is -2.06. The van der Waals surface area contributed by atoms with Gasteiger partial charge in [0, 0.05) is 26.0 Å². The lowest BCUT2D eigenvalue weighted by molar-refractivity contribution is 0.727. The van der Waals surface area contributed by atoms with Gasteiger partial charge in [-0.15, -0.1) is 11.3 Å². The Bertz CT molecular complexity index is 818. The van der Waals surface area contributed by atoms with Gasteiger partial charge in [0.1, 0.15) is 4.70 Å². The zero-order valence-corrected chi connectivity index (χ0v) is 13.6. The second-order valence-electron chi connectivity index (χ2n) is 4.87. The Morgan fingerprint density at radius 2 is 2.24 bits per heavy atom. The maximum Gasteiger partial charge on any atom is 0.271 e. The second-order valence-corrected chi connectivity index (χ2v) is 6.85. The van der Waals surface area contributed by atoms with Gasteiger partial charge in [-0.1, -0.05) is 11.8 Å². The number of aryl methyl sites for hydroxylation is 2. The molecule has 0 saturated heterocycles. The minimum atomic E-state index is 0.0461. The van der Waals surface area contributed by atoms with E-state index in [2.05, 4.69) is 10.1 Å². The van der Waals surface area contributed by atoms with E-state index in [0.29, 0.717) is 0 Å². The molecule has 0 saturated carbocycles. The molecule has 3 aromatic heterocycles. The number of hydrogen-bond donors (Lipinski definition) is 0. The van der Waals surface area contributed by atoms with E-state index in [1.165, 1.54) is 16.9 Å². The van der Waals surface area contributed by atoms with Gasteiger partial charge in [-0.3, -0.25) is 14.0 Å². The summed E-state index contributed by atoms with van der Waals surface area (Å²) in [5, 5.41) is 6.86. The average Bonchev–Trinajstić information content (AvgIpc) is 3.09. The van der Waals surface area contributed by atoms with E-state index in [9.17, 15) is 4.79 Å². The molecule has 110 valence electrons. The van der Waals surface area contributed by atoms with Gasteiger partial charge >= 0.3 is 0 Å². The third kappa shape index (κ3) is 3.03. The molecule has 0 bridgehead atoms. The predicted octanol–water partition coefficient (Wildman–Crippen LogP) is 2.45. The first kappa shape index (κ1) is 14.3. The van der Waals surface area contributed by atoms with Crippen LogP contribution in [0.1, 0.15) is 12.0 Å². The van der Waals surface area contributed by atoms with Crippen LogP contribution in [0.5, 0.6) is 0 Å². The van der Waals surface area contributed by atoms with Gasteiger partial charge in [0.05, 0.1) is 11.7 Å². The van der Waals surface area contributed by atoms with Crippen LogP contribution in [-0.4, -0.2) is 25.1 Å². The first-order valence-electron chi connectivity index (χ1n) is 6.69. The van der Waals surface area contributed by atoms with E-state index in [-0.39, 0.29) is 5.56 Å². The normalized spacial score (nSPS) is 11.3. The van der Waals surface area contributed by atoms with Crippen LogP contribution in [0.2, 0.25) is 0 Å². The summed E-state index contributed by atoms with van der Waals surface area (Å²) >= 11 is 3.09. The van der Waals surface area contributed by atoms with Crippen molar-refractivity contribution >= 4 is 33.3 Å². The number of nitrogens with zero attached hydrogens (tertiary/aromatic N) is 4. The molecule has 0 fully saturated rings. The Morgan fingerprint density at radius 1 is 1.38 bits per heavy atom. The third-order valence-electron chi connectivity index (χ3n) is 3.25. The molecular formula is C14H16N4OS2. The molecule has 0 aliphatic heterocycles. The maximum absolute atomic E-state index is 12.2. The van der Waals surface area contributed by atoms with Crippen LogP contribution in [0.15, 0.2) is 33.8 Å². The average molecular weight is 320 g/mol.